The fourth-order valence-electron chi connectivity index (χ4n) is 5.89. The lowest BCUT2D eigenvalue weighted by atomic mass is 9.77. The van der Waals surface area contributed by atoms with Crippen LogP contribution in [0.3, 0.4) is 0 Å². The Morgan fingerprint density at radius 3 is 2.06 bits per heavy atom. The Morgan fingerprint density at radius 1 is 0.833 bits per heavy atom. The van der Waals surface area contributed by atoms with Crippen LogP contribution < -0.4 is 0 Å². The highest BCUT2D eigenvalue weighted by molar-refractivity contribution is 6.00. The molecule has 0 aromatic heterocycles. The van der Waals surface area contributed by atoms with Gasteiger partial charge in [0.2, 0.25) is 0 Å². The zero-order valence-electron chi connectivity index (χ0n) is 24.3. The first-order chi connectivity index (χ1) is 16.8. The summed E-state index contributed by atoms with van der Waals surface area (Å²) in [6, 6.07) is 0.321. The maximum absolute atomic E-state index is 13.5. The fourth-order valence-corrected chi connectivity index (χ4v) is 5.89. The summed E-state index contributed by atoms with van der Waals surface area (Å²) in [7, 11) is 4.12. The second kappa shape index (κ2) is 13.5. The summed E-state index contributed by atoms with van der Waals surface area (Å²) in [6.07, 6.45) is 2.33. The predicted molar refractivity (Wildman–Crippen MR) is 140 cm³/mol. The highest BCUT2D eigenvalue weighted by Gasteiger charge is 2.41. The maximum atomic E-state index is 13.5. The normalized spacial score (nSPS) is 42.2. The summed E-state index contributed by atoms with van der Waals surface area (Å²) < 4.78 is 18.5. The molecule has 0 aromatic carbocycles. The number of Topliss-reactive ketones (excluding diaryl/α,β-unsaturated/α-hetero) is 2. The molecule has 0 aromatic rings. The molecule has 2 aliphatic rings. The van der Waals surface area contributed by atoms with Gasteiger partial charge in [0.05, 0.1) is 12.2 Å². The highest BCUT2D eigenvalue weighted by atomic mass is 16.7. The second-order valence-electron chi connectivity index (χ2n) is 12.0. The summed E-state index contributed by atoms with van der Waals surface area (Å²) in [5.41, 5.74) is 0. The van der Waals surface area contributed by atoms with Gasteiger partial charge in [0.1, 0.15) is 17.8 Å². The number of esters is 1. The molecular weight excluding hydrogens is 458 g/mol. The van der Waals surface area contributed by atoms with E-state index in [1.165, 1.54) is 0 Å². The van der Waals surface area contributed by atoms with Crippen molar-refractivity contribution in [2.24, 2.45) is 35.5 Å². The van der Waals surface area contributed by atoms with Gasteiger partial charge in [-0.05, 0) is 65.5 Å². The minimum atomic E-state index is -0.872. The van der Waals surface area contributed by atoms with Crippen molar-refractivity contribution in [1.82, 2.24) is 4.90 Å². The van der Waals surface area contributed by atoms with Crippen molar-refractivity contribution in [3.63, 3.8) is 0 Å². The average molecular weight is 510 g/mol. The third kappa shape index (κ3) is 7.84. The maximum Gasteiger partial charge on any atom is 0.316 e. The Labute approximate surface area is 219 Å². The Balaban J connectivity index is 2.36. The third-order valence-electron chi connectivity index (χ3n) is 8.66. The monoisotopic (exact) mass is 509 g/mol. The largest absolute Gasteiger partial charge is 0.462 e. The summed E-state index contributed by atoms with van der Waals surface area (Å²) in [4.78, 5) is 42.0. The van der Waals surface area contributed by atoms with Crippen LogP contribution in [0.25, 0.3) is 0 Å². The Morgan fingerprint density at radius 2 is 1.47 bits per heavy atom. The molecule has 2 fully saturated rings. The van der Waals surface area contributed by atoms with Crippen molar-refractivity contribution < 1.29 is 28.6 Å². The van der Waals surface area contributed by atoms with Gasteiger partial charge in [-0.25, -0.2) is 0 Å². The van der Waals surface area contributed by atoms with Crippen LogP contribution in [0.4, 0.5) is 0 Å². The van der Waals surface area contributed by atoms with Crippen LogP contribution in [0.15, 0.2) is 0 Å². The van der Waals surface area contributed by atoms with Crippen molar-refractivity contribution >= 4 is 17.5 Å². The predicted octanol–water partition coefficient (Wildman–Crippen LogP) is 4.90. The van der Waals surface area contributed by atoms with E-state index in [1.54, 1.807) is 6.92 Å². The van der Waals surface area contributed by atoms with E-state index in [4.69, 9.17) is 14.2 Å². The minimum Gasteiger partial charge on any atom is -0.462 e. The van der Waals surface area contributed by atoms with Gasteiger partial charge >= 0.3 is 5.97 Å². The zero-order valence-corrected chi connectivity index (χ0v) is 24.3. The van der Waals surface area contributed by atoms with Crippen LogP contribution in [0, 0.1) is 35.5 Å². The van der Waals surface area contributed by atoms with E-state index >= 15 is 0 Å². The minimum absolute atomic E-state index is 0.0405. The standard InChI is InChI=1S/C29H51NO6/c1-11-24-13-16(2)20(6)26(31)17(3)12-18(4)28(21(7)27(32)22(8)29(33)35-24)36-25-15-23(30(9)10)14-19(5)34-25/h16-25,28H,11-15H2,1-10H3/t16?,17-,18+,19-,20-,21+,22-,23+,24-,25+,28+/m1/s1. The number of hydrogen-bond donors (Lipinski definition) is 0. The number of carbonyl (C=O) groups excluding carboxylic acids is 3. The fraction of sp³-hybridized carbons (Fsp3) is 0.897. The van der Waals surface area contributed by atoms with Crippen molar-refractivity contribution in [3.05, 3.63) is 0 Å². The van der Waals surface area contributed by atoms with Crippen LogP contribution in [0.5, 0.6) is 0 Å². The molecule has 0 amide bonds. The summed E-state index contributed by atoms with van der Waals surface area (Å²) in [5, 5.41) is 0. The van der Waals surface area contributed by atoms with Crippen molar-refractivity contribution in [1.29, 1.82) is 0 Å². The highest BCUT2D eigenvalue weighted by Crippen LogP contribution is 2.33. The van der Waals surface area contributed by atoms with E-state index in [0.29, 0.717) is 31.7 Å². The van der Waals surface area contributed by atoms with Crippen LogP contribution >= 0.6 is 0 Å². The topological polar surface area (TPSA) is 82.1 Å². The Kier molecular flexibility index (Phi) is 11.6. The molecule has 11 atom stereocenters. The number of cyclic esters (lactones) is 1. The third-order valence-corrected chi connectivity index (χ3v) is 8.66. The molecule has 2 rings (SSSR count). The molecule has 2 aliphatic heterocycles. The lowest BCUT2D eigenvalue weighted by Gasteiger charge is -2.41. The van der Waals surface area contributed by atoms with Gasteiger partial charge < -0.3 is 19.1 Å². The number of rotatable bonds is 4. The molecule has 0 spiro atoms. The molecule has 208 valence electrons. The smallest absolute Gasteiger partial charge is 0.316 e. The number of ketones is 2. The van der Waals surface area contributed by atoms with Crippen molar-refractivity contribution in [2.45, 2.75) is 118 Å². The van der Waals surface area contributed by atoms with Crippen LogP contribution in [-0.4, -0.2) is 67.2 Å². The molecular formula is C29H51NO6. The SMILES string of the molecule is CC[C@@H]1CC(C)[C@@H](C)C(=O)[C@H](C)C[C@H](C)[C@H](O[C@H]2C[C@@H](N(C)C)C[C@@H](C)O2)[C@@H](C)C(=O)[C@@H](C)C(=O)O1. The van der Waals surface area contributed by atoms with Gasteiger partial charge in [0, 0.05) is 30.2 Å². The van der Waals surface area contributed by atoms with Gasteiger partial charge in [0.15, 0.2) is 12.1 Å². The van der Waals surface area contributed by atoms with E-state index in [2.05, 4.69) is 19.0 Å². The van der Waals surface area contributed by atoms with E-state index in [1.807, 2.05) is 48.5 Å². The van der Waals surface area contributed by atoms with Gasteiger partial charge in [0.25, 0.3) is 0 Å². The summed E-state index contributed by atoms with van der Waals surface area (Å²) in [5.74, 6) is -2.16. The van der Waals surface area contributed by atoms with Crippen LogP contribution in [0.2, 0.25) is 0 Å². The first kappa shape index (κ1) is 30.9. The van der Waals surface area contributed by atoms with Crippen molar-refractivity contribution in [2.75, 3.05) is 14.1 Å². The molecule has 1 unspecified atom stereocenters. The van der Waals surface area contributed by atoms with E-state index < -0.39 is 30.2 Å². The molecule has 0 bridgehead atoms. The zero-order chi connectivity index (χ0) is 27.3. The molecule has 0 saturated carbocycles. The van der Waals surface area contributed by atoms with Crippen LogP contribution in [0.1, 0.15) is 87.5 Å². The number of hydrogen-bond acceptors (Lipinski definition) is 7. The summed E-state index contributed by atoms with van der Waals surface area (Å²) >= 11 is 0. The number of nitrogens with zero attached hydrogens (tertiary/aromatic N) is 1. The molecule has 7 nitrogen and oxygen atoms in total. The molecule has 0 radical (unpaired) electrons. The lowest BCUT2D eigenvalue weighted by molar-refractivity contribution is -0.236. The molecule has 0 aliphatic carbocycles. The molecule has 0 N–H and O–H groups in total. The second-order valence-corrected chi connectivity index (χ2v) is 12.0. The number of ether oxygens (including phenoxy) is 3. The van der Waals surface area contributed by atoms with E-state index in [9.17, 15) is 14.4 Å². The summed E-state index contributed by atoms with van der Waals surface area (Å²) in [6.45, 7) is 15.5. The van der Waals surface area contributed by atoms with Crippen molar-refractivity contribution in [3.8, 4) is 0 Å². The first-order valence-electron chi connectivity index (χ1n) is 14.0. The van der Waals surface area contributed by atoms with Gasteiger partial charge in [-0.3, -0.25) is 14.4 Å². The van der Waals surface area contributed by atoms with Gasteiger partial charge in [-0.1, -0.05) is 41.5 Å². The quantitative estimate of drug-likeness (QED) is 0.394. The molecule has 2 heterocycles. The molecule has 2 saturated heterocycles. The molecule has 36 heavy (non-hydrogen) atoms. The Bertz CT molecular complexity index is 754. The average Bonchev–Trinajstić information content (AvgIpc) is 2.83. The number of carbonyl (C=O) groups is 3. The first-order valence-corrected chi connectivity index (χ1v) is 14.0. The lowest BCUT2D eigenvalue weighted by Crippen LogP contribution is -2.47. The van der Waals surface area contributed by atoms with Gasteiger partial charge in [-0.2, -0.15) is 0 Å². The van der Waals surface area contributed by atoms with Crippen LogP contribution in [-0.2, 0) is 28.6 Å². The van der Waals surface area contributed by atoms with E-state index in [-0.39, 0.29) is 47.4 Å². The van der Waals surface area contributed by atoms with Gasteiger partial charge in [-0.15, -0.1) is 0 Å². The molecule has 7 heteroatoms. The Hall–Kier alpha value is -1.31. The van der Waals surface area contributed by atoms with E-state index in [0.717, 1.165) is 6.42 Å².